The Morgan fingerprint density at radius 3 is 2.57 bits per heavy atom. The zero-order valence-corrected chi connectivity index (χ0v) is 19.4. The lowest BCUT2D eigenvalue weighted by Crippen LogP contribution is -2.65. The number of thiocarbonyl (C=S) groups is 1. The van der Waals surface area contributed by atoms with Gasteiger partial charge in [-0.1, -0.05) is 19.9 Å². The fourth-order valence-corrected chi connectivity index (χ4v) is 5.29. The van der Waals surface area contributed by atoms with E-state index < -0.39 is 0 Å². The summed E-state index contributed by atoms with van der Waals surface area (Å²) >= 11 is 5.57. The van der Waals surface area contributed by atoms with Crippen LogP contribution < -0.4 is 20.1 Å². The van der Waals surface area contributed by atoms with Crippen molar-refractivity contribution in [3.05, 3.63) is 23.8 Å². The fourth-order valence-electron chi connectivity index (χ4n) is 5.05. The van der Waals surface area contributed by atoms with E-state index in [-0.39, 0.29) is 23.3 Å². The van der Waals surface area contributed by atoms with E-state index in [0.29, 0.717) is 30.1 Å². The fraction of sp³-hybridized carbons (Fsp3) is 0.652. The van der Waals surface area contributed by atoms with Gasteiger partial charge in [-0.2, -0.15) is 0 Å². The monoisotopic (exact) mass is 434 g/mol. The van der Waals surface area contributed by atoms with Crippen molar-refractivity contribution in [2.45, 2.75) is 46.1 Å². The molecule has 166 valence electrons. The molecule has 0 aromatic heterocycles. The van der Waals surface area contributed by atoms with Crippen LogP contribution in [0.25, 0.3) is 0 Å². The van der Waals surface area contributed by atoms with Crippen LogP contribution in [0.15, 0.2) is 18.2 Å². The first kappa shape index (κ1) is 22.7. The summed E-state index contributed by atoms with van der Waals surface area (Å²) in [5, 5.41) is 7.34. The Kier molecular flexibility index (Phi) is 7.11. The average molecular weight is 435 g/mol. The first-order chi connectivity index (χ1) is 14.3. The minimum atomic E-state index is -0.132. The Morgan fingerprint density at radius 2 is 1.93 bits per heavy atom. The van der Waals surface area contributed by atoms with E-state index >= 15 is 0 Å². The highest BCUT2D eigenvalue weighted by atomic mass is 32.1. The first-order valence-corrected chi connectivity index (χ1v) is 11.1. The van der Waals surface area contributed by atoms with Gasteiger partial charge in [0, 0.05) is 12.6 Å². The lowest BCUT2D eigenvalue weighted by atomic mass is 9.45. The van der Waals surface area contributed by atoms with Crippen LogP contribution in [0.3, 0.4) is 0 Å². The molecule has 3 saturated carbocycles. The smallest absolute Gasteiger partial charge is 0.311 e. The molecule has 0 heterocycles. The predicted molar refractivity (Wildman–Crippen MR) is 121 cm³/mol. The van der Waals surface area contributed by atoms with Crippen LogP contribution in [0.4, 0.5) is 0 Å². The normalized spacial score (nSPS) is 26.2. The van der Waals surface area contributed by atoms with Gasteiger partial charge >= 0.3 is 5.97 Å². The number of carbonyl (C=O) groups excluding carboxylic acids is 1. The van der Waals surface area contributed by atoms with Gasteiger partial charge in [-0.05, 0) is 73.4 Å². The summed E-state index contributed by atoms with van der Waals surface area (Å²) in [6, 6.07) is 5.93. The van der Waals surface area contributed by atoms with Crippen LogP contribution in [0.5, 0.6) is 11.5 Å². The molecule has 0 amide bonds. The molecule has 0 unspecified atom stereocenters. The van der Waals surface area contributed by atoms with E-state index in [9.17, 15) is 4.79 Å². The number of nitrogens with one attached hydrogen (secondary N) is 2. The topological polar surface area (TPSA) is 68.8 Å². The molecule has 0 aliphatic heterocycles. The third-order valence-corrected chi connectivity index (χ3v) is 7.25. The molecule has 3 aliphatic rings. The molecule has 2 N–H and O–H groups in total. The Bertz CT molecular complexity index is 782. The summed E-state index contributed by atoms with van der Waals surface area (Å²) in [6.07, 6.45) is 2.81. The van der Waals surface area contributed by atoms with Crippen molar-refractivity contribution in [1.29, 1.82) is 0 Å². The number of hydrogen-bond acceptors (Lipinski definition) is 5. The molecular formula is C23H34N2O4S. The van der Waals surface area contributed by atoms with Gasteiger partial charge < -0.3 is 24.8 Å². The molecule has 2 bridgehead atoms. The molecule has 4 rings (SSSR count). The van der Waals surface area contributed by atoms with Crippen molar-refractivity contribution in [2.75, 3.05) is 27.4 Å². The molecule has 30 heavy (non-hydrogen) atoms. The number of benzene rings is 1. The van der Waals surface area contributed by atoms with Crippen molar-refractivity contribution >= 4 is 23.3 Å². The predicted octanol–water partition coefficient (Wildman–Crippen LogP) is 3.32. The number of rotatable bonds is 8. The molecule has 6 nitrogen and oxygen atoms in total. The van der Waals surface area contributed by atoms with Crippen LogP contribution in [0.2, 0.25) is 0 Å². The molecule has 4 atom stereocenters. The third kappa shape index (κ3) is 4.51. The average Bonchev–Trinajstić information content (AvgIpc) is 2.73. The third-order valence-electron chi connectivity index (χ3n) is 6.99. The number of hydrogen-bond donors (Lipinski definition) is 2. The molecule has 3 aliphatic carbocycles. The van der Waals surface area contributed by atoms with Crippen molar-refractivity contribution in [2.24, 2.45) is 23.2 Å². The van der Waals surface area contributed by atoms with Gasteiger partial charge in [0.05, 0.1) is 26.7 Å². The molecule has 3 fully saturated rings. The molecule has 7 heteroatoms. The zero-order valence-electron chi connectivity index (χ0n) is 18.6. The zero-order chi connectivity index (χ0) is 21.9. The van der Waals surface area contributed by atoms with Gasteiger partial charge in [0.1, 0.15) is 0 Å². The summed E-state index contributed by atoms with van der Waals surface area (Å²) in [6.45, 7) is 7.56. The Hall–Kier alpha value is -2.02. The van der Waals surface area contributed by atoms with Crippen molar-refractivity contribution in [1.82, 2.24) is 10.6 Å². The SMILES string of the molecule is CCOC(=O)[C@H]1C[C@@H]2C[C@@H]([C@@H]1NC(=S)NCCc1ccc(OC)c(OC)c1)C2(C)C. The molecule has 1 aromatic carbocycles. The number of carbonyl (C=O) groups is 1. The number of ether oxygens (including phenoxy) is 3. The summed E-state index contributed by atoms with van der Waals surface area (Å²) < 4.78 is 16.0. The highest BCUT2D eigenvalue weighted by Gasteiger charge is 2.59. The summed E-state index contributed by atoms with van der Waals surface area (Å²) in [7, 11) is 3.26. The van der Waals surface area contributed by atoms with Gasteiger partial charge in [-0.3, -0.25) is 4.79 Å². The Balaban J connectivity index is 1.56. The van der Waals surface area contributed by atoms with Crippen LogP contribution in [0.1, 0.15) is 39.2 Å². The molecular weight excluding hydrogens is 400 g/mol. The second-order valence-corrected chi connectivity index (χ2v) is 9.23. The summed E-state index contributed by atoms with van der Waals surface area (Å²) in [4.78, 5) is 12.5. The highest BCUT2D eigenvalue weighted by molar-refractivity contribution is 7.80. The largest absolute Gasteiger partial charge is 0.493 e. The molecule has 0 spiro atoms. The maximum Gasteiger partial charge on any atom is 0.311 e. The molecule has 0 saturated heterocycles. The van der Waals surface area contributed by atoms with Gasteiger partial charge in [0.2, 0.25) is 0 Å². The quantitative estimate of drug-likeness (QED) is 0.480. The summed E-state index contributed by atoms with van der Waals surface area (Å²) in [5.41, 5.74) is 1.36. The Morgan fingerprint density at radius 1 is 1.20 bits per heavy atom. The number of esters is 1. The van der Waals surface area contributed by atoms with Crippen molar-refractivity contribution in [3.8, 4) is 11.5 Å². The second kappa shape index (κ2) is 9.41. The lowest BCUT2D eigenvalue weighted by molar-refractivity contribution is -0.166. The molecule has 0 radical (unpaired) electrons. The maximum absolute atomic E-state index is 12.5. The lowest BCUT2D eigenvalue weighted by Gasteiger charge is -2.62. The highest BCUT2D eigenvalue weighted by Crippen LogP contribution is 2.60. The van der Waals surface area contributed by atoms with E-state index in [4.69, 9.17) is 26.4 Å². The minimum absolute atomic E-state index is 0.0186. The van der Waals surface area contributed by atoms with Crippen molar-refractivity contribution < 1.29 is 19.0 Å². The van der Waals surface area contributed by atoms with E-state index in [1.165, 1.54) is 0 Å². The van der Waals surface area contributed by atoms with Gasteiger partial charge in [-0.25, -0.2) is 0 Å². The number of fused-ring (bicyclic) bond motifs is 2. The van der Waals surface area contributed by atoms with Crippen LogP contribution >= 0.6 is 12.2 Å². The Labute approximate surface area is 185 Å². The minimum Gasteiger partial charge on any atom is -0.493 e. The van der Waals surface area contributed by atoms with Crippen molar-refractivity contribution in [3.63, 3.8) is 0 Å². The van der Waals surface area contributed by atoms with E-state index in [1.54, 1.807) is 14.2 Å². The number of methoxy groups -OCH3 is 2. The van der Waals surface area contributed by atoms with Crippen LogP contribution in [-0.2, 0) is 16.0 Å². The maximum atomic E-state index is 12.5. The van der Waals surface area contributed by atoms with Gasteiger partial charge in [-0.15, -0.1) is 0 Å². The van der Waals surface area contributed by atoms with Gasteiger partial charge in [0.15, 0.2) is 16.6 Å². The first-order valence-electron chi connectivity index (χ1n) is 10.7. The van der Waals surface area contributed by atoms with Crippen LogP contribution in [-0.4, -0.2) is 44.5 Å². The van der Waals surface area contributed by atoms with E-state index in [1.807, 2.05) is 25.1 Å². The van der Waals surface area contributed by atoms with Gasteiger partial charge in [0.25, 0.3) is 0 Å². The molecule has 1 aromatic rings. The van der Waals surface area contributed by atoms with Crippen LogP contribution in [0, 0.1) is 23.2 Å². The van der Waals surface area contributed by atoms with E-state index in [2.05, 4.69) is 24.5 Å². The summed E-state index contributed by atoms with van der Waals surface area (Å²) in [5.74, 6) is 2.21. The second-order valence-electron chi connectivity index (χ2n) is 8.82. The van der Waals surface area contributed by atoms with E-state index in [0.717, 1.165) is 36.3 Å². The standard InChI is InChI=1S/C23H34N2O4S/c1-6-29-21(26)16-12-15-13-17(23(15,2)3)20(16)25-22(30)24-10-9-14-7-8-18(27-4)19(11-14)28-5/h7-8,11,15-17,20H,6,9-10,12-13H2,1-5H3,(H2,24,25,30)/t15-,16+,17+,20-/m1/s1.